The van der Waals surface area contributed by atoms with Gasteiger partial charge in [-0.15, -0.1) is 0 Å². The van der Waals surface area contributed by atoms with Gasteiger partial charge in [0.2, 0.25) is 0 Å². The minimum absolute atomic E-state index is 0.417. The molecular weight excluding hydrogens is 274 g/mol. The Labute approximate surface area is 124 Å². The third-order valence-electron chi connectivity index (χ3n) is 3.11. The van der Waals surface area contributed by atoms with E-state index >= 15 is 0 Å². The summed E-state index contributed by atoms with van der Waals surface area (Å²) in [7, 11) is 1.87. The summed E-state index contributed by atoms with van der Waals surface area (Å²) in [4.78, 5) is 0. The normalized spacial score (nSPS) is 10.8. The van der Waals surface area contributed by atoms with Gasteiger partial charge >= 0.3 is 0 Å². The topological polar surface area (TPSA) is 39.1 Å². The first-order valence-corrected chi connectivity index (χ1v) is 7.10. The molecule has 0 aliphatic carbocycles. The van der Waals surface area contributed by atoms with Gasteiger partial charge in [0.05, 0.1) is 16.4 Å². The minimum Gasteiger partial charge on any atom is -0.487 e. The van der Waals surface area contributed by atoms with E-state index in [0.717, 1.165) is 30.2 Å². The predicted octanol–water partition coefficient (Wildman–Crippen LogP) is 3.07. The maximum Gasteiger partial charge on any atom is 0.131 e. The standard InChI is InChI=1S/C15H20ClN3O/c1-4-17-9-12-6-5-7-13(8-12)20-10-14-15(16)11(2)18-19(14)3/h5-8,17H,4,9-10H2,1-3H3. The number of benzene rings is 1. The molecule has 1 N–H and O–H groups in total. The zero-order valence-electron chi connectivity index (χ0n) is 12.1. The van der Waals surface area contributed by atoms with E-state index in [0.29, 0.717) is 11.6 Å². The van der Waals surface area contributed by atoms with Gasteiger partial charge < -0.3 is 10.1 Å². The summed E-state index contributed by atoms with van der Waals surface area (Å²) in [5, 5.41) is 8.25. The van der Waals surface area contributed by atoms with Gasteiger partial charge in [-0.25, -0.2) is 0 Å². The summed E-state index contributed by atoms with van der Waals surface area (Å²) in [6.07, 6.45) is 0. The molecule has 0 saturated carbocycles. The third-order valence-corrected chi connectivity index (χ3v) is 3.61. The van der Waals surface area contributed by atoms with Crippen LogP contribution in [0.1, 0.15) is 23.9 Å². The number of rotatable bonds is 6. The Balaban J connectivity index is 2.03. The fraction of sp³-hybridized carbons (Fsp3) is 0.400. The van der Waals surface area contributed by atoms with E-state index < -0.39 is 0 Å². The molecular formula is C15H20ClN3O. The van der Waals surface area contributed by atoms with Crippen molar-refractivity contribution in [2.75, 3.05) is 6.54 Å². The van der Waals surface area contributed by atoms with Gasteiger partial charge in [0.1, 0.15) is 12.4 Å². The van der Waals surface area contributed by atoms with Crippen LogP contribution >= 0.6 is 11.6 Å². The summed E-state index contributed by atoms with van der Waals surface area (Å²) in [5.74, 6) is 0.843. The van der Waals surface area contributed by atoms with Crippen LogP contribution < -0.4 is 10.1 Å². The molecule has 0 amide bonds. The molecule has 0 atom stereocenters. The van der Waals surface area contributed by atoms with Crippen LogP contribution in [-0.4, -0.2) is 16.3 Å². The van der Waals surface area contributed by atoms with Crippen molar-refractivity contribution >= 4 is 11.6 Å². The van der Waals surface area contributed by atoms with E-state index in [-0.39, 0.29) is 0 Å². The van der Waals surface area contributed by atoms with E-state index in [1.807, 2.05) is 32.2 Å². The summed E-state index contributed by atoms with van der Waals surface area (Å²) in [6, 6.07) is 8.07. The summed E-state index contributed by atoms with van der Waals surface area (Å²) in [6.45, 7) is 6.20. The van der Waals surface area contributed by atoms with Crippen molar-refractivity contribution < 1.29 is 4.74 Å². The summed E-state index contributed by atoms with van der Waals surface area (Å²) in [5.41, 5.74) is 2.92. The van der Waals surface area contributed by atoms with Crippen molar-refractivity contribution in [1.29, 1.82) is 0 Å². The van der Waals surface area contributed by atoms with Crippen molar-refractivity contribution in [3.8, 4) is 5.75 Å². The van der Waals surface area contributed by atoms with Crippen molar-refractivity contribution in [2.24, 2.45) is 7.05 Å². The first kappa shape index (κ1) is 14.9. The second-order valence-electron chi connectivity index (χ2n) is 4.69. The maximum atomic E-state index is 6.21. The molecule has 0 radical (unpaired) electrons. The lowest BCUT2D eigenvalue weighted by Crippen LogP contribution is -2.11. The Hall–Kier alpha value is -1.52. The number of nitrogens with one attached hydrogen (secondary N) is 1. The largest absolute Gasteiger partial charge is 0.487 e. The van der Waals surface area contributed by atoms with Crippen LogP contribution in [0.25, 0.3) is 0 Å². The fourth-order valence-corrected chi connectivity index (χ4v) is 2.22. The Morgan fingerprint density at radius 1 is 1.40 bits per heavy atom. The van der Waals surface area contributed by atoms with Gasteiger partial charge in [-0.05, 0) is 31.2 Å². The minimum atomic E-state index is 0.417. The smallest absolute Gasteiger partial charge is 0.131 e. The second kappa shape index (κ2) is 6.77. The van der Waals surface area contributed by atoms with Gasteiger partial charge in [-0.1, -0.05) is 30.7 Å². The van der Waals surface area contributed by atoms with Gasteiger partial charge in [0.25, 0.3) is 0 Å². The SMILES string of the molecule is CCNCc1cccc(OCc2c(Cl)c(C)nn2C)c1. The third kappa shape index (κ3) is 3.52. The molecule has 0 bridgehead atoms. The second-order valence-corrected chi connectivity index (χ2v) is 5.06. The molecule has 2 rings (SSSR count). The number of nitrogens with zero attached hydrogens (tertiary/aromatic N) is 2. The lowest BCUT2D eigenvalue weighted by molar-refractivity contribution is 0.294. The molecule has 4 nitrogen and oxygen atoms in total. The molecule has 20 heavy (non-hydrogen) atoms. The van der Waals surface area contributed by atoms with E-state index in [2.05, 4.69) is 23.4 Å². The lowest BCUT2D eigenvalue weighted by Gasteiger charge is -2.09. The van der Waals surface area contributed by atoms with E-state index in [9.17, 15) is 0 Å². The number of ether oxygens (including phenoxy) is 1. The number of aromatic nitrogens is 2. The summed E-state index contributed by atoms with van der Waals surface area (Å²) >= 11 is 6.21. The molecule has 1 heterocycles. The van der Waals surface area contributed by atoms with Crippen LogP contribution in [0.15, 0.2) is 24.3 Å². The molecule has 0 unspecified atom stereocenters. The number of hydrogen-bond acceptors (Lipinski definition) is 3. The molecule has 1 aromatic carbocycles. The highest BCUT2D eigenvalue weighted by atomic mass is 35.5. The molecule has 0 spiro atoms. The van der Waals surface area contributed by atoms with E-state index in [4.69, 9.17) is 16.3 Å². The van der Waals surface area contributed by atoms with E-state index in [1.165, 1.54) is 5.56 Å². The predicted molar refractivity (Wildman–Crippen MR) is 81.1 cm³/mol. The quantitative estimate of drug-likeness (QED) is 0.890. The molecule has 0 aliphatic heterocycles. The maximum absolute atomic E-state index is 6.21. The lowest BCUT2D eigenvalue weighted by atomic mass is 10.2. The highest BCUT2D eigenvalue weighted by Gasteiger charge is 2.11. The fourth-order valence-electron chi connectivity index (χ4n) is 2.00. The molecule has 5 heteroatoms. The van der Waals surface area contributed by atoms with Crippen molar-refractivity contribution in [3.05, 3.63) is 46.2 Å². The molecule has 1 aromatic heterocycles. The first-order valence-electron chi connectivity index (χ1n) is 6.72. The Morgan fingerprint density at radius 2 is 2.20 bits per heavy atom. The van der Waals surface area contributed by atoms with Gasteiger partial charge in [-0.3, -0.25) is 4.68 Å². The van der Waals surface area contributed by atoms with Crippen molar-refractivity contribution in [1.82, 2.24) is 15.1 Å². The number of aryl methyl sites for hydroxylation is 2. The van der Waals surface area contributed by atoms with Crippen LogP contribution in [0.3, 0.4) is 0 Å². The zero-order chi connectivity index (χ0) is 14.5. The zero-order valence-corrected chi connectivity index (χ0v) is 12.9. The monoisotopic (exact) mass is 293 g/mol. The van der Waals surface area contributed by atoms with Crippen LogP contribution in [-0.2, 0) is 20.2 Å². The first-order chi connectivity index (χ1) is 9.61. The van der Waals surface area contributed by atoms with Gasteiger partial charge in [0.15, 0.2) is 0 Å². The Bertz CT molecular complexity index is 580. The average Bonchev–Trinajstić information content (AvgIpc) is 2.68. The number of hydrogen-bond donors (Lipinski definition) is 1. The average molecular weight is 294 g/mol. The Kier molecular flexibility index (Phi) is 5.04. The highest BCUT2D eigenvalue weighted by Crippen LogP contribution is 2.22. The highest BCUT2D eigenvalue weighted by molar-refractivity contribution is 6.31. The van der Waals surface area contributed by atoms with Gasteiger partial charge in [0, 0.05) is 13.6 Å². The van der Waals surface area contributed by atoms with Crippen LogP contribution in [0.2, 0.25) is 5.02 Å². The molecule has 108 valence electrons. The van der Waals surface area contributed by atoms with Crippen LogP contribution in [0.5, 0.6) is 5.75 Å². The molecule has 0 saturated heterocycles. The summed E-state index contributed by atoms with van der Waals surface area (Å²) < 4.78 is 7.58. The molecule has 2 aromatic rings. The van der Waals surface area contributed by atoms with Crippen LogP contribution in [0, 0.1) is 6.92 Å². The van der Waals surface area contributed by atoms with Gasteiger partial charge in [-0.2, -0.15) is 5.10 Å². The Morgan fingerprint density at radius 3 is 2.85 bits per heavy atom. The number of halogens is 1. The molecule has 0 aliphatic rings. The van der Waals surface area contributed by atoms with E-state index in [1.54, 1.807) is 4.68 Å². The van der Waals surface area contributed by atoms with Crippen molar-refractivity contribution in [2.45, 2.75) is 27.0 Å². The molecule has 0 fully saturated rings. The van der Waals surface area contributed by atoms with Crippen LogP contribution in [0.4, 0.5) is 0 Å². The van der Waals surface area contributed by atoms with Crippen molar-refractivity contribution in [3.63, 3.8) is 0 Å².